The summed E-state index contributed by atoms with van der Waals surface area (Å²) in [6, 6.07) is 7.11. The van der Waals surface area contributed by atoms with E-state index in [0.717, 1.165) is 45.6 Å². The minimum Gasteiger partial charge on any atom is -0.454 e. The summed E-state index contributed by atoms with van der Waals surface area (Å²) in [4.78, 5) is 48.5. The molecule has 5 aliphatic rings. The molecule has 0 bridgehead atoms. The minimum atomic E-state index is -0.494. The van der Waals surface area contributed by atoms with Gasteiger partial charge in [-0.3, -0.25) is 14.5 Å². The second kappa shape index (κ2) is 13.1. The van der Waals surface area contributed by atoms with E-state index in [2.05, 4.69) is 9.80 Å². The lowest BCUT2D eigenvalue weighted by molar-refractivity contribution is 0.0369. The summed E-state index contributed by atoms with van der Waals surface area (Å²) in [5, 5.41) is 11.1. The number of hydrogen-bond donors (Lipinski definition) is 1. The van der Waals surface area contributed by atoms with E-state index in [1.165, 1.54) is 25.3 Å². The summed E-state index contributed by atoms with van der Waals surface area (Å²) in [6.07, 6.45) is 5.73. The lowest BCUT2D eigenvalue weighted by Crippen LogP contribution is -2.48. The molecule has 3 aromatic rings. The van der Waals surface area contributed by atoms with Crippen LogP contribution in [0.1, 0.15) is 60.0 Å². The van der Waals surface area contributed by atoms with Gasteiger partial charge >= 0.3 is 6.09 Å². The van der Waals surface area contributed by atoms with E-state index in [1.54, 1.807) is 27.7 Å². The van der Waals surface area contributed by atoms with Crippen LogP contribution in [0.3, 0.4) is 0 Å². The number of fused-ring (bicyclic) bond motifs is 6. The average molecular weight is 659 g/mol. The molecule has 5 heterocycles. The number of ketones is 1. The van der Waals surface area contributed by atoms with Crippen molar-refractivity contribution in [2.75, 3.05) is 65.8 Å². The van der Waals surface area contributed by atoms with E-state index in [4.69, 9.17) is 18.9 Å². The molecule has 1 N–H and O–H groups in total. The number of pyridine rings is 1. The number of ether oxygens (including phenoxy) is 4. The second-order valence-electron chi connectivity index (χ2n) is 13.4. The van der Waals surface area contributed by atoms with Gasteiger partial charge < -0.3 is 38.4 Å². The average Bonchev–Trinajstić information content (AvgIpc) is 3.71. The largest absolute Gasteiger partial charge is 0.454 e. The second-order valence-corrected chi connectivity index (χ2v) is 13.4. The van der Waals surface area contributed by atoms with E-state index in [0.29, 0.717) is 90.1 Å². The first kappa shape index (κ1) is 31.3. The maximum atomic E-state index is 14.4. The Hall–Kier alpha value is -3.97. The zero-order valence-electron chi connectivity index (χ0n) is 27.2. The fourth-order valence-corrected chi connectivity index (χ4v) is 8.05. The van der Waals surface area contributed by atoms with Crippen LogP contribution in [-0.2, 0) is 17.9 Å². The highest BCUT2D eigenvalue weighted by Gasteiger charge is 2.36. The smallest absolute Gasteiger partial charge is 0.415 e. The number of hydrogen-bond acceptors (Lipinski definition) is 10. The molecule has 1 aliphatic carbocycles. The number of benzene rings is 2. The van der Waals surface area contributed by atoms with Crippen LogP contribution in [0.5, 0.6) is 17.2 Å². The van der Waals surface area contributed by atoms with Crippen LogP contribution in [0.4, 0.5) is 4.79 Å². The highest BCUT2D eigenvalue weighted by Crippen LogP contribution is 2.46. The molecule has 12 nitrogen and oxygen atoms in total. The fourth-order valence-electron chi connectivity index (χ4n) is 8.05. The van der Waals surface area contributed by atoms with Crippen LogP contribution in [0.15, 0.2) is 29.1 Å². The summed E-state index contributed by atoms with van der Waals surface area (Å²) >= 11 is 0. The molecular formula is C36H42N4O8. The van der Waals surface area contributed by atoms with Gasteiger partial charge in [0.2, 0.25) is 6.79 Å². The number of morpholine rings is 1. The molecule has 48 heavy (non-hydrogen) atoms. The van der Waals surface area contributed by atoms with E-state index in [9.17, 15) is 19.5 Å². The molecule has 1 amide bonds. The number of aliphatic hydroxyl groups excluding tert-OH is 1. The lowest BCUT2D eigenvalue weighted by Gasteiger charge is -2.39. The van der Waals surface area contributed by atoms with Crippen LogP contribution >= 0.6 is 0 Å². The van der Waals surface area contributed by atoms with Crippen molar-refractivity contribution in [1.29, 1.82) is 0 Å². The maximum Gasteiger partial charge on any atom is 0.415 e. The van der Waals surface area contributed by atoms with Gasteiger partial charge in [0.1, 0.15) is 5.75 Å². The van der Waals surface area contributed by atoms with Crippen molar-refractivity contribution < 1.29 is 33.6 Å². The third-order valence-electron chi connectivity index (χ3n) is 10.6. The molecule has 0 saturated carbocycles. The molecule has 0 atom stereocenters. The Morgan fingerprint density at radius 1 is 0.854 bits per heavy atom. The number of aromatic nitrogens is 1. The van der Waals surface area contributed by atoms with E-state index in [1.807, 2.05) is 0 Å². The Bertz CT molecular complexity index is 1800. The number of likely N-dealkylation sites (tertiary alicyclic amines) is 2. The molecule has 0 unspecified atom stereocenters. The highest BCUT2D eigenvalue weighted by molar-refractivity contribution is 6.27. The molecule has 12 heteroatoms. The van der Waals surface area contributed by atoms with E-state index < -0.39 is 12.7 Å². The van der Waals surface area contributed by atoms with Crippen molar-refractivity contribution in [3.05, 3.63) is 51.3 Å². The number of piperidine rings is 2. The monoisotopic (exact) mass is 658 g/mol. The Balaban J connectivity index is 1.12. The molecule has 8 rings (SSSR count). The lowest BCUT2D eigenvalue weighted by atomic mass is 9.99. The normalized spacial score (nSPS) is 19.9. The summed E-state index contributed by atoms with van der Waals surface area (Å²) < 4.78 is 24.3. The fraction of sp³-hybridized carbons (Fsp3) is 0.528. The SMILES string of the molecule is O=C1c2cc3c(cc2-c2c1c1cc(CO)c(OC(=O)N4CCC(N5CCCCC5)CC4)cc1c(=O)n2CCCN1CCOCC1)OCO3. The van der Waals surface area contributed by atoms with Gasteiger partial charge in [-0.1, -0.05) is 6.42 Å². The molecule has 0 spiro atoms. The Morgan fingerprint density at radius 2 is 1.58 bits per heavy atom. The zero-order chi connectivity index (χ0) is 32.8. The van der Waals surface area contributed by atoms with Crippen molar-refractivity contribution in [3.63, 3.8) is 0 Å². The van der Waals surface area contributed by atoms with Crippen LogP contribution in [0.2, 0.25) is 0 Å². The van der Waals surface area contributed by atoms with Crippen molar-refractivity contribution in [1.82, 2.24) is 19.3 Å². The Labute approximate surface area is 278 Å². The first-order chi connectivity index (χ1) is 23.5. The van der Waals surface area contributed by atoms with Gasteiger partial charge in [-0.2, -0.15) is 0 Å². The van der Waals surface area contributed by atoms with Crippen LogP contribution in [0, 0.1) is 0 Å². The summed E-state index contributed by atoms with van der Waals surface area (Å²) in [5.41, 5.74) is 2.05. The molecule has 2 aromatic carbocycles. The standard InChI is InChI=1S/C36H42N4O8/c41-21-23-17-25-28(20-29(23)48-36(44)39-11-5-24(6-12-39)38-8-2-1-3-9-38)35(43)40(10-4-7-37-13-15-45-16-14-37)33-26-18-30-31(47-22-46-30)19-27(26)34(42)32(25)33/h17-20,24,41H,1-16,21-22H2. The third kappa shape index (κ3) is 5.64. The van der Waals surface area contributed by atoms with Crippen molar-refractivity contribution in [2.24, 2.45) is 0 Å². The number of nitrogens with zero attached hydrogens (tertiary/aromatic N) is 4. The molecular weight excluding hydrogens is 616 g/mol. The van der Waals surface area contributed by atoms with Crippen molar-refractivity contribution >= 4 is 22.6 Å². The third-order valence-corrected chi connectivity index (χ3v) is 10.6. The van der Waals surface area contributed by atoms with Gasteiger partial charge in [0.25, 0.3) is 5.56 Å². The molecule has 1 aromatic heterocycles. The maximum absolute atomic E-state index is 14.4. The van der Waals surface area contributed by atoms with Gasteiger partial charge in [-0.15, -0.1) is 0 Å². The van der Waals surface area contributed by atoms with Crippen molar-refractivity contribution in [3.8, 4) is 28.5 Å². The van der Waals surface area contributed by atoms with E-state index >= 15 is 0 Å². The summed E-state index contributed by atoms with van der Waals surface area (Å²) in [6.45, 7) is 7.29. The predicted octanol–water partition coefficient (Wildman–Crippen LogP) is 3.61. The van der Waals surface area contributed by atoms with Crippen LogP contribution < -0.4 is 19.8 Å². The number of rotatable bonds is 7. The topological polar surface area (TPSA) is 123 Å². The predicted molar refractivity (Wildman–Crippen MR) is 177 cm³/mol. The molecule has 3 fully saturated rings. The molecule has 4 aliphatic heterocycles. The van der Waals surface area contributed by atoms with Gasteiger partial charge in [-0.25, -0.2) is 4.79 Å². The number of aliphatic hydroxyl groups is 1. The Kier molecular flexibility index (Phi) is 8.58. The number of carbonyl (C=O) groups excluding carboxylic acids is 2. The first-order valence-corrected chi connectivity index (χ1v) is 17.3. The highest BCUT2D eigenvalue weighted by atomic mass is 16.7. The molecule has 254 valence electrons. The minimum absolute atomic E-state index is 0.0706. The van der Waals surface area contributed by atoms with Gasteiger partial charge in [0.15, 0.2) is 17.3 Å². The summed E-state index contributed by atoms with van der Waals surface area (Å²) in [5.74, 6) is 0.926. The van der Waals surface area contributed by atoms with E-state index in [-0.39, 0.29) is 29.3 Å². The zero-order valence-corrected chi connectivity index (χ0v) is 27.2. The molecule has 3 saturated heterocycles. The van der Waals surface area contributed by atoms with Crippen molar-refractivity contribution in [2.45, 2.75) is 57.7 Å². The first-order valence-electron chi connectivity index (χ1n) is 17.3. The van der Waals surface area contributed by atoms with Crippen LogP contribution in [-0.4, -0.2) is 108 Å². The van der Waals surface area contributed by atoms with Gasteiger partial charge in [-0.05, 0) is 69.5 Å². The quantitative estimate of drug-likeness (QED) is 0.315. The van der Waals surface area contributed by atoms with Gasteiger partial charge in [0.05, 0.1) is 36.5 Å². The Morgan fingerprint density at radius 3 is 2.31 bits per heavy atom. The number of carbonyl (C=O) groups is 2. The van der Waals surface area contributed by atoms with Gasteiger partial charge in [0, 0.05) is 67.4 Å². The number of amides is 1. The molecule has 0 radical (unpaired) electrons. The summed E-state index contributed by atoms with van der Waals surface area (Å²) in [7, 11) is 0. The van der Waals surface area contributed by atoms with Crippen LogP contribution in [0.25, 0.3) is 22.0 Å².